The van der Waals surface area contributed by atoms with Crippen LogP contribution in [0.5, 0.6) is 0 Å². The molecule has 2 nitrogen and oxygen atoms in total. The summed E-state index contributed by atoms with van der Waals surface area (Å²) >= 11 is 0. The van der Waals surface area contributed by atoms with Crippen molar-refractivity contribution in [2.24, 2.45) is 0 Å². The average Bonchev–Trinajstić information content (AvgIpc) is 2.32. The number of aromatic nitrogens is 2. The van der Waals surface area contributed by atoms with Gasteiger partial charge >= 0.3 is 0 Å². The Bertz CT molecular complexity index is 253. The molecule has 0 aliphatic carbocycles. The van der Waals surface area contributed by atoms with Crippen LogP contribution in [0.1, 0.15) is 26.5 Å². The van der Waals surface area contributed by atoms with Gasteiger partial charge in [0.1, 0.15) is 0 Å². The largest absolute Gasteiger partial charge is 0.313 e. The van der Waals surface area contributed by atoms with Crippen molar-refractivity contribution >= 4 is 6.20 Å². The van der Waals surface area contributed by atoms with E-state index in [1.807, 2.05) is 10.8 Å². The number of rotatable bonds is 1. The van der Waals surface area contributed by atoms with Crippen LogP contribution in [0, 0.1) is 0 Å². The normalized spacial score (nSPS) is 11.5. The van der Waals surface area contributed by atoms with Crippen LogP contribution in [0.2, 0.25) is 0 Å². The third-order valence-corrected chi connectivity index (χ3v) is 1.58. The van der Waals surface area contributed by atoms with Gasteiger partial charge in [-0.3, -0.25) is 0 Å². The molecule has 0 atom stereocenters. The van der Waals surface area contributed by atoms with Crippen LogP contribution in [0.3, 0.4) is 0 Å². The van der Waals surface area contributed by atoms with E-state index in [4.69, 9.17) is 0 Å². The summed E-state index contributed by atoms with van der Waals surface area (Å²) in [7, 11) is 0. The van der Waals surface area contributed by atoms with Crippen LogP contribution in [-0.4, -0.2) is 9.55 Å². The lowest BCUT2D eigenvalue weighted by Gasteiger charge is -2.13. The Kier molecular flexibility index (Phi) is 1.85. The topological polar surface area (TPSA) is 17.8 Å². The highest BCUT2D eigenvalue weighted by Gasteiger charge is 2.15. The summed E-state index contributed by atoms with van der Waals surface area (Å²) in [6.07, 6.45) is 5.50. The molecule has 0 radical (unpaired) electrons. The van der Waals surface area contributed by atoms with Crippen molar-refractivity contribution in [1.82, 2.24) is 9.55 Å². The second-order valence-electron chi connectivity index (χ2n) is 3.64. The van der Waals surface area contributed by atoms with Crippen molar-refractivity contribution < 1.29 is 0 Å². The first-order valence-corrected chi connectivity index (χ1v) is 3.70. The molecular formula is C9H14N2. The molecule has 0 amide bonds. The predicted molar refractivity (Wildman–Crippen MR) is 47.3 cm³/mol. The van der Waals surface area contributed by atoms with Gasteiger partial charge in [-0.05, 0) is 0 Å². The van der Waals surface area contributed by atoms with Gasteiger partial charge in [-0.1, -0.05) is 27.4 Å². The van der Waals surface area contributed by atoms with Crippen LogP contribution in [0.25, 0.3) is 6.20 Å². The van der Waals surface area contributed by atoms with Crippen molar-refractivity contribution in [3.8, 4) is 0 Å². The maximum absolute atomic E-state index is 4.25. The van der Waals surface area contributed by atoms with Crippen LogP contribution in [-0.2, 0) is 5.41 Å². The van der Waals surface area contributed by atoms with E-state index in [2.05, 4.69) is 32.3 Å². The molecule has 1 aromatic rings. The summed E-state index contributed by atoms with van der Waals surface area (Å²) in [6.45, 7) is 10.1. The second kappa shape index (κ2) is 2.53. The first-order chi connectivity index (χ1) is 5.04. The molecule has 2 heteroatoms. The van der Waals surface area contributed by atoms with Crippen molar-refractivity contribution in [3.63, 3.8) is 0 Å². The fourth-order valence-corrected chi connectivity index (χ4v) is 0.824. The average molecular weight is 150 g/mol. The van der Waals surface area contributed by atoms with E-state index >= 15 is 0 Å². The summed E-state index contributed by atoms with van der Waals surface area (Å²) in [4.78, 5) is 4.25. The summed E-state index contributed by atoms with van der Waals surface area (Å²) in [6, 6.07) is 0. The molecule has 0 aromatic carbocycles. The fourth-order valence-electron chi connectivity index (χ4n) is 0.824. The minimum atomic E-state index is 0.133. The Labute approximate surface area is 67.6 Å². The van der Waals surface area contributed by atoms with Crippen LogP contribution < -0.4 is 0 Å². The fraction of sp³-hybridized carbons (Fsp3) is 0.444. The molecule has 0 bridgehead atoms. The third-order valence-electron chi connectivity index (χ3n) is 1.58. The number of hydrogen-bond donors (Lipinski definition) is 0. The summed E-state index contributed by atoms with van der Waals surface area (Å²) < 4.78 is 1.86. The van der Waals surface area contributed by atoms with Crippen LogP contribution >= 0.6 is 0 Å². The monoisotopic (exact) mass is 150 g/mol. The first-order valence-electron chi connectivity index (χ1n) is 3.70. The minimum Gasteiger partial charge on any atom is -0.313 e. The minimum absolute atomic E-state index is 0.133. The van der Waals surface area contributed by atoms with Gasteiger partial charge in [0.25, 0.3) is 0 Å². The highest BCUT2D eigenvalue weighted by Crippen LogP contribution is 2.19. The van der Waals surface area contributed by atoms with Gasteiger partial charge in [0.2, 0.25) is 0 Å². The maximum Gasteiger partial charge on any atom is 0.0990 e. The van der Waals surface area contributed by atoms with E-state index in [1.54, 1.807) is 12.5 Å². The molecule has 0 saturated heterocycles. The zero-order valence-electron chi connectivity index (χ0n) is 7.33. The number of nitrogens with zero attached hydrogens (tertiary/aromatic N) is 2. The lowest BCUT2D eigenvalue weighted by atomic mass is 9.93. The summed E-state index contributed by atoms with van der Waals surface area (Å²) in [5, 5.41) is 0. The van der Waals surface area contributed by atoms with Crippen molar-refractivity contribution in [2.75, 3.05) is 0 Å². The molecule has 0 aliphatic heterocycles. The second-order valence-corrected chi connectivity index (χ2v) is 3.64. The lowest BCUT2D eigenvalue weighted by molar-refractivity contribution is 0.572. The molecule has 0 fully saturated rings. The molecule has 0 aliphatic rings. The van der Waals surface area contributed by atoms with Crippen LogP contribution in [0.4, 0.5) is 0 Å². The molecule has 1 heterocycles. The standard InChI is InChI=1S/C9H14N2/c1-5-11-6-8(10-7-11)9(2,3)4/h5-7H,1H2,2-4H3. The van der Waals surface area contributed by atoms with Crippen molar-refractivity contribution in [3.05, 3.63) is 24.8 Å². The van der Waals surface area contributed by atoms with E-state index in [0.29, 0.717) is 0 Å². The van der Waals surface area contributed by atoms with Crippen LogP contribution in [0.15, 0.2) is 19.1 Å². The van der Waals surface area contributed by atoms with E-state index in [9.17, 15) is 0 Å². The van der Waals surface area contributed by atoms with E-state index in [0.717, 1.165) is 5.69 Å². The third kappa shape index (κ3) is 1.70. The van der Waals surface area contributed by atoms with E-state index in [-0.39, 0.29) is 5.41 Å². The van der Waals surface area contributed by atoms with Gasteiger partial charge in [-0.25, -0.2) is 4.98 Å². The highest BCUT2D eigenvalue weighted by atomic mass is 15.0. The lowest BCUT2D eigenvalue weighted by Crippen LogP contribution is -2.11. The van der Waals surface area contributed by atoms with Gasteiger partial charge in [0.15, 0.2) is 0 Å². The molecule has 1 rings (SSSR count). The molecule has 1 aromatic heterocycles. The molecule has 11 heavy (non-hydrogen) atoms. The summed E-state index contributed by atoms with van der Waals surface area (Å²) in [5.74, 6) is 0. The predicted octanol–water partition coefficient (Wildman–Crippen LogP) is 2.28. The zero-order valence-corrected chi connectivity index (χ0v) is 7.33. The van der Waals surface area contributed by atoms with Gasteiger partial charge < -0.3 is 4.57 Å². The van der Waals surface area contributed by atoms with Gasteiger partial charge in [-0.15, -0.1) is 0 Å². The molecule has 0 saturated carbocycles. The van der Waals surface area contributed by atoms with Crippen molar-refractivity contribution in [2.45, 2.75) is 26.2 Å². The highest BCUT2D eigenvalue weighted by molar-refractivity contribution is 5.20. The smallest absolute Gasteiger partial charge is 0.0990 e. The molecule has 0 spiro atoms. The molecule has 60 valence electrons. The Morgan fingerprint density at radius 3 is 2.45 bits per heavy atom. The Balaban J connectivity index is 2.98. The number of imidazole rings is 1. The molecular weight excluding hydrogens is 136 g/mol. The van der Waals surface area contributed by atoms with Gasteiger partial charge in [0, 0.05) is 17.8 Å². The first kappa shape index (κ1) is 8.05. The quantitative estimate of drug-likeness (QED) is 0.600. The Hall–Kier alpha value is -1.05. The van der Waals surface area contributed by atoms with Gasteiger partial charge in [-0.2, -0.15) is 0 Å². The Morgan fingerprint density at radius 1 is 1.55 bits per heavy atom. The molecule has 0 unspecified atom stereocenters. The molecule has 0 N–H and O–H groups in total. The zero-order chi connectivity index (χ0) is 8.48. The van der Waals surface area contributed by atoms with E-state index in [1.165, 1.54) is 0 Å². The summed E-state index contributed by atoms with van der Waals surface area (Å²) in [5.41, 5.74) is 1.23. The van der Waals surface area contributed by atoms with Crippen molar-refractivity contribution in [1.29, 1.82) is 0 Å². The number of hydrogen-bond acceptors (Lipinski definition) is 1. The van der Waals surface area contributed by atoms with E-state index < -0.39 is 0 Å². The Morgan fingerprint density at radius 2 is 2.18 bits per heavy atom. The van der Waals surface area contributed by atoms with Gasteiger partial charge in [0.05, 0.1) is 12.0 Å². The SMILES string of the molecule is C=Cn1cnc(C(C)(C)C)c1. The maximum atomic E-state index is 4.25.